The van der Waals surface area contributed by atoms with Crippen molar-refractivity contribution in [2.75, 3.05) is 5.32 Å². The van der Waals surface area contributed by atoms with E-state index in [4.69, 9.17) is 4.74 Å². The monoisotopic (exact) mass is 385 g/mol. The van der Waals surface area contributed by atoms with E-state index in [0.29, 0.717) is 17.9 Å². The Kier molecular flexibility index (Phi) is 5.04. The second-order valence-electron chi connectivity index (χ2n) is 7.29. The minimum absolute atomic E-state index is 0.160. The van der Waals surface area contributed by atoms with Gasteiger partial charge < -0.3 is 14.5 Å². The normalized spacial score (nSPS) is 10.9. The van der Waals surface area contributed by atoms with Crippen LogP contribution in [-0.2, 0) is 6.61 Å². The van der Waals surface area contributed by atoms with Gasteiger partial charge >= 0.3 is 0 Å². The third-order valence-corrected chi connectivity index (χ3v) is 4.77. The summed E-state index contributed by atoms with van der Waals surface area (Å²) in [5.74, 6) is 0.471. The number of amides is 1. The highest BCUT2D eigenvalue weighted by atomic mass is 16.5. The SMILES string of the molecule is Cc1ccc(C)c(NC(=O)c2cccc(OCc3cn4cc(C)ccc4n3)c2)c1. The number of carbonyl (C=O) groups is 1. The summed E-state index contributed by atoms with van der Waals surface area (Å²) in [6, 6.07) is 17.2. The Hall–Kier alpha value is -3.60. The summed E-state index contributed by atoms with van der Waals surface area (Å²) in [4.78, 5) is 17.2. The number of ether oxygens (including phenoxy) is 1. The van der Waals surface area contributed by atoms with Crippen LogP contribution >= 0.6 is 0 Å². The molecule has 2 heterocycles. The van der Waals surface area contributed by atoms with Crippen LogP contribution in [0.3, 0.4) is 0 Å². The molecular formula is C24H23N3O2. The van der Waals surface area contributed by atoms with Gasteiger partial charge in [0.25, 0.3) is 5.91 Å². The highest BCUT2D eigenvalue weighted by Gasteiger charge is 2.10. The van der Waals surface area contributed by atoms with Gasteiger partial charge in [-0.3, -0.25) is 4.79 Å². The number of anilines is 1. The van der Waals surface area contributed by atoms with Crippen molar-refractivity contribution in [2.24, 2.45) is 0 Å². The molecule has 0 saturated heterocycles. The lowest BCUT2D eigenvalue weighted by Gasteiger charge is -2.10. The molecule has 0 aliphatic heterocycles. The maximum atomic E-state index is 12.7. The van der Waals surface area contributed by atoms with Crippen LogP contribution in [0.5, 0.6) is 5.75 Å². The summed E-state index contributed by atoms with van der Waals surface area (Å²) in [5, 5.41) is 2.98. The standard InChI is InChI=1S/C24H23N3O2/c1-16-7-9-18(3)22(11-16)26-24(28)19-5-4-6-21(12-19)29-15-20-14-27-13-17(2)8-10-23(27)25-20/h4-14H,15H2,1-3H3,(H,26,28). The molecule has 0 saturated carbocycles. The van der Waals surface area contributed by atoms with Gasteiger partial charge in [-0.2, -0.15) is 0 Å². The smallest absolute Gasteiger partial charge is 0.255 e. The first kappa shape index (κ1) is 18.7. The van der Waals surface area contributed by atoms with Gasteiger partial charge in [-0.25, -0.2) is 4.98 Å². The van der Waals surface area contributed by atoms with Gasteiger partial charge in [0.2, 0.25) is 0 Å². The number of imidazole rings is 1. The highest BCUT2D eigenvalue weighted by Crippen LogP contribution is 2.20. The van der Waals surface area contributed by atoms with Gasteiger partial charge in [-0.05, 0) is 67.8 Å². The largest absolute Gasteiger partial charge is 0.487 e. The number of hydrogen-bond acceptors (Lipinski definition) is 3. The van der Waals surface area contributed by atoms with E-state index in [-0.39, 0.29) is 5.91 Å². The molecule has 29 heavy (non-hydrogen) atoms. The first-order valence-corrected chi connectivity index (χ1v) is 9.54. The van der Waals surface area contributed by atoms with E-state index in [1.165, 1.54) is 5.56 Å². The lowest BCUT2D eigenvalue weighted by molar-refractivity contribution is 0.102. The van der Waals surface area contributed by atoms with Crippen molar-refractivity contribution >= 4 is 17.2 Å². The first-order chi connectivity index (χ1) is 14.0. The zero-order valence-electron chi connectivity index (χ0n) is 16.8. The zero-order chi connectivity index (χ0) is 20.4. The Morgan fingerprint density at radius 1 is 1.00 bits per heavy atom. The molecule has 0 radical (unpaired) electrons. The molecule has 0 bridgehead atoms. The van der Waals surface area contributed by atoms with Crippen LogP contribution in [0.15, 0.2) is 67.0 Å². The fraction of sp³-hybridized carbons (Fsp3) is 0.167. The van der Waals surface area contributed by atoms with Gasteiger partial charge in [0, 0.05) is 23.6 Å². The summed E-state index contributed by atoms with van der Waals surface area (Å²) in [6.07, 6.45) is 3.99. The van der Waals surface area contributed by atoms with Crippen molar-refractivity contribution in [3.05, 3.63) is 94.9 Å². The minimum atomic E-state index is -0.160. The number of nitrogens with one attached hydrogen (secondary N) is 1. The van der Waals surface area contributed by atoms with E-state index in [1.807, 2.05) is 80.0 Å². The zero-order valence-corrected chi connectivity index (χ0v) is 16.8. The molecule has 5 nitrogen and oxygen atoms in total. The number of rotatable bonds is 5. The molecule has 1 amide bonds. The molecule has 0 atom stereocenters. The molecule has 2 aromatic heterocycles. The Labute approximate surface area is 170 Å². The number of aromatic nitrogens is 2. The predicted octanol–water partition coefficient (Wildman–Crippen LogP) is 5.09. The van der Waals surface area contributed by atoms with Gasteiger partial charge in [-0.1, -0.05) is 24.3 Å². The molecule has 1 N–H and O–H groups in total. The van der Waals surface area contributed by atoms with Crippen molar-refractivity contribution in [3.63, 3.8) is 0 Å². The molecule has 0 spiro atoms. The average Bonchev–Trinajstić information content (AvgIpc) is 3.11. The van der Waals surface area contributed by atoms with Gasteiger partial charge in [0.1, 0.15) is 18.0 Å². The summed E-state index contributed by atoms with van der Waals surface area (Å²) < 4.78 is 7.87. The van der Waals surface area contributed by atoms with Crippen molar-refractivity contribution in [1.29, 1.82) is 0 Å². The van der Waals surface area contributed by atoms with E-state index in [2.05, 4.69) is 10.3 Å². The van der Waals surface area contributed by atoms with Crippen LogP contribution in [0.25, 0.3) is 5.65 Å². The number of aryl methyl sites for hydroxylation is 3. The second-order valence-corrected chi connectivity index (χ2v) is 7.29. The van der Waals surface area contributed by atoms with Crippen molar-refractivity contribution in [3.8, 4) is 5.75 Å². The summed E-state index contributed by atoms with van der Waals surface area (Å²) in [7, 11) is 0. The van der Waals surface area contributed by atoms with Gasteiger partial charge in [-0.15, -0.1) is 0 Å². The Morgan fingerprint density at radius 3 is 2.69 bits per heavy atom. The lowest BCUT2D eigenvalue weighted by Crippen LogP contribution is -2.13. The fourth-order valence-corrected chi connectivity index (χ4v) is 3.17. The minimum Gasteiger partial charge on any atom is -0.487 e. The molecule has 4 aromatic rings. The lowest BCUT2D eigenvalue weighted by atomic mass is 10.1. The Bertz CT molecular complexity index is 1190. The summed E-state index contributed by atoms with van der Waals surface area (Å²) in [5.41, 5.74) is 6.39. The Morgan fingerprint density at radius 2 is 1.83 bits per heavy atom. The topological polar surface area (TPSA) is 55.6 Å². The highest BCUT2D eigenvalue weighted by molar-refractivity contribution is 6.04. The molecule has 4 rings (SSSR count). The fourth-order valence-electron chi connectivity index (χ4n) is 3.17. The molecular weight excluding hydrogens is 362 g/mol. The molecule has 0 unspecified atom stereocenters. The summed E-state index contributed by atoms with van der Waals surface area (Å²) >= 11 is 0. The summed E-state index contributed by atoms with van der Waals surface area (Å²) in [6.45, 7) is 6.36. The van der Waals surface area contributed by atoms with Gasteiger partial charge in [0.05, 0.1) is 5.69 Å². The van der Waals surface area contributed by atoms with E-state index < -0.39 is 0 Å². The molecule has 0 fully saturated rings. The second kappa shape index (κ2) is 7.80. The Balaban J connectivity index is 1.46. The molecule has 0 aliphatic rings. The molecule has 146 valence electrons. The third kappa shape index (κ3) is 4.29. The van der Waals surface area contributed by atoms with E-state index in [9.17, 15) is 4.79 Å². The van der Waals surface area contributed by atoms with Crippen LogP contribution in [-0.4, -0.2) is 15.3 Å². The van der Waals surface area contributed by atoms with E-state index >= 15 is 0 Å². The number of carbonyl (C=O) groups excluding carboxylic acids is 1. The van der Waals surface area contributed by atoms with Gasteiger partial charge in [0.15, 0.2) is 0 Å². The van der Waals surface area contributed by atoms with E-state index in [1.54, 1.807) is 12.1 Å². The van der Waals surface area contributed by atoms with Crippen molar-refractivity contribution < 1.29 is 9.53 Å². The molecule has 2 aromatic carbocycles. The number of pyridine rings is 1. The number of hydrogen-bond donors (Lipinski definition) is 1. The van der Waals surface area contributed by atoms with Crippen LogP contribution in [0.4, 0.5) is 5.69 Å². The average molecular weight is 385 g/mol. The number of benzene rings is 2. The first-order valence-electron chi connectivity index (χ1n) is 9.54. The van der Waals surface area contributed by atoms with Crippen LogP contribution in [0, 0.1) is 20.8 Å². The van der Waals surface area contributed by atoms with Crippen molar-refractivity contribution in [1.82, 2.24) is 9.38 Å². The predicted molar refractivity (Wildman–Crippen MR) is 115 cm³/mol. The molecule has 5 heteroatoms. The van der Waals surface area contributed by atoms with Crippen LogP contribution in [0.2, 0.25) is 0 Å². The molecule has 0 aliphatic carbocycles. The third-order valence-electron chi connectivity index (χ3n) is 4.77. The van der Waals surface area contributed by atoms with Crippen LogP contribution < -0.4 is 10.1 Å². The quantitative estimate of drug-likeness (QED) is 0.520. The van der Waals surface area contributed by atoms with E-state index in [0.717, 1.165) is 28.2 Å². The maximum absolute atomic E-state index is 12.7. The van der Waals surface area contributed by atoms with Crippen LogP contribution in [0.1, 0.15) is 32.7 Å². The maximum Gasteiger partial charge on any atom is 0.255 e. The van der Waals surface area contributed by atoms with Crippen molar-refractivity contribution in [2.45, 2.75) is 27.4 Å². The number of nitrogens with zero attached hydrogens (tertiary/aromatic N) is 2. The number of fused-ring (bicyclic) bond motifs is 1.